The molecule has 0 radical (unpaired) electrons. The number of carbonyl (C=O) groups is 1. The first-order valence-corrected chi connectivity index (χ1v) is 9.00. The van der Waals surface area contributed by atoms with Gasteiger partial charge in [0.15, 0.2) is 0 Å². The molecule has 2 aromatic rings. The molecule has 1 N–H and O–H groups in total. The quantitative estimate of drug-likeness (QED) is 0.791. The average molecular weight is 394 g/mol. The minimum Gasteiger partial charge on any atom is -0.335 e. The van der Waals surface area contributed by atoms with Crippen molar-refractivity contribution in [3.05, 3.63) is 52.8 Å². The van der Waals surface area contributed by atoms with Crippen molar-refractivity contribution < 1.29 is 22.4 Å². The van der Waals surface area contributed by atoms with Gasteiger partial charge in [-0.05, 0) is 18.1 Å². The number of alkyl halides is 4. The number of fused-ring (bicyclic) bond motifs is 1. The summed E-state index contributed by atoms with van der Waals surface area (Å²) in [6, 6.07) is 4.10. The molecule has 9 heteroatoms. The smallest absolute Gasteiger partial charge is 0.335 e. The van der Waals surface area contributed by atoms with Crippen LogP contribution < -0.4 is 0 Å². The summed E-state index contributed by atoms with van der Waals surface area (Å²) in [5.74, 6) is -0.996. The Hall–Kier alpha value is -2.71. The number of aromatic amines is 1. The fraction of sp³-hybridized carbons (Fsp3) is 0.421. The maximum atomic E-state index is 14.2. The number of H-pyrrole nitrogens is 1. The van der Waals surface area contributed by atoms with Crippen LogP contribution in [0.4, 0.5) is 17.6 Å². The third kappa shape index (κ3) is 3.29. The number of hydrogen-bond donors (Lipinski definition) is 1. The number of likely N-dealkylation sites (tertiary alicyclic amines) is 1. The second-order valence-corrected chi connectivity index (χ2v) is 7.04. The Labute approximate surface area is 158 Å². The summed E-state index contributed by atoms with van der Waals surface area (Å²) in [4.78, 5) is 18.8. The van der Waals surface area contributed by atoms with Gasteiger partial charge in [-0.3, -0.25) is 14.9 Å². The van der Waals surface area contributed by atoms with E-state index in [1.807, 2.05) is 0 Å². The normalized spacial score (nSPS) is 24.9. The minimum atomic E-state index is -4.58. The van der Waals surface area contributed by atoms with E-state index in [0.717, 1.165) is 6.07 Å². The number of nitrogens with zero attached hydrogens (tertiary/aromatic N) is 3. The molecule has 148 valence electrons. The van der Waals surface area contributed by atoms with Crippen molar-refractivity contribution in [2.45, 2.75) is 37.1 Å². The minimum absolute atomic E-state index is 0.0598. The molecule has 2 aliphatic heterocycles. The molecule has 0 spiro atoms. The van der Waals surface area contributed by atoms with Gasteiger partial charge >= 0.3 is 6.18 Å². The van der Waals surface area contributed by atoms with Gasteiger partial charge in [0.1, 0.15) is 6.17 Å². The van der Waals surface area contributed by atoms with Gasteiger partial charge in [-0.15, -0.1) is 0 Å². The SMILES string of the molecule is O=C(C1CN=Cc2[nH]ncc21)N1CCC(F)CC1c1ccccc1C(F)(F)F. The molecule has 0 saturated carbocycles. The highest BCUT2D eigenvalue weighted by Gasteiger charge is 2.42. The van der Waals surface area contributed by atoms with Crippen molar-refractivity contribution >= 4 is 12.1 Å². The summed E-state index contributed by atoms with van der Waals surface area (Å²) in [6.45, 7) is 0.249. The van der Waals surface area contributed by atoms with Crippen LogP contribution in [0.5, 0.6) is 0 Å². The van der Waals surface area contributed by atoms with Crippen LogP contribution in [0.15, 0.2) is 35.5 Å². The van der Waals surface area contributed by atoms with Crippen LogP contribution >= 0.6 is 0 Å². The number of benzene rings is 1. The van der Waals surface area contributed by atoms with Crippen molar-refractivity contribution in [2.75, 3.05) is 13.1 Å². The summed E-state index contributed by atoms with van der Waals surface area (Å²) in [7, 11) is 0. The topological polar surface area (TPSA) is 61.4 Å². The Morgan fingerprint density at radius 3 is 2.79 bits per heavy atom. The fourth-order valence-corrected chi connectivity index (χ4v) is 3.97. The molecule has 1 saturated heterocycles. The second kappa shape index (κ2) is 7.03. The largest absolute Gasteiger partial charge is 0.416 e. The Kier molecular flexibility index (Phi) is 4.68. The van der Waals surface area contributed by atoms with Gasteiger partial charge in [0.05, 0.1) is 36.0 Å². The first kappa shape index (κ1) is 18.6. The number of amides is 1. The Morgan fingerprint density at radius 2 is 2.00 bits per heavy atom. The molecule has 3 atom stereocenters. The monoisotopic (exact) mass is 394 g/mol. The van der Waals surface area contributed by atoms with E-state index >= 15 is 0 Å². The third-order valence-electron chi connectivity index (χ3n) is 5.33. The molecule has 1 fully saturated rings. The van der Waals surface area contributed by atoms with Gasteiger partial charge in [-0.1, -0.05) is 18.2 Å². The predicted molar refractivity (Wildman–Crippen MR) is 93.8 cm³/mol. The first-order chi connectivity index (χ1) is 13.4. The number of carbonyl (C=O) groups excluding carboxylic acids is 1. The van der Waals surface area contributed by atoms with Crippen LogP contribution in [-0.4, -0.2) is 46.5 Å². The van der Waals surface area contributed by atoms with Gasteiger partial charge in [0, 0.05) is 24.7 Å². The van der Waals surface area contributed by atoms with E-state index in [9.17, 15) is 22.4 Å². The van der Waals surface area contributed by atoms with E-state index in [0.29, 0.717) is 11.3 Å². The molecule has 1 amide bonds. The summed E-state index contributed by atoms with van der Waals surface area (Å²) in [6.07, 6.45) is -2.79. The molecule has 2 aliphatic rings. The van der Waals surface area contributed by atoms with Gasteiger partial charge < -0.3 is 4.90 Å². The highest BCUT2D eigenvalue weighted by Crippen LogP contribution is 2.41. The number of halogens is 4. The highest BCUT2D eigenvalue weighted by molar-refractivity contribution is 5.90. The predicted octanol–water partition coefficient (Wildman–Crippen LogP) is 3.65. The van der Waals surface area contributed by atoms with Gasteiger partial charge in [-0.2, -0.15) is 18.3 Å². The zero-order valence-electron chi connectivity index (χ0n) is 14.8. The molecule has 5 nitrogen and oxygen atoms in total. The van der Waals surface area contributed by atoms with E-state index in [-0.39, 0.29) is 37.4 Å². The van der Waals surface area contributed by atoms with Crippen LogP contribution in [0.1, 0.15) is 47.2 Å². The molecule has 4 rings (SSSR count). The Morgan fingerprint density at radius 1 is 1.21 bits per heavy atom. The Balaban J connectivity index is 1.71. The number of aromatic nitrogens is 2. The van der Waals surface area contributed by atoms with Crippen LogP contribution in [0, 0.1) is 0 Å². The van der Waals surface area contributed by atoms with E-state index in [1.54, 1.807) is 6.21 Å². The highest BCUT2D eigenvalue weighted by atomic mass is 19.4. The standard InChI is InChI=1S/C19H18F4N4O/c20-11-5-6-27(18(28)14-8-24-10-16-13(14)9-25-26-16)17(7-11)12-3-1-2-4-15(12)19(21,22)23/h1-4,9-11,14,17H,5-8H2,(H,25,26). The summed E-state index contributed by atoms with van der Waals surface area (Å²) < 4.78 is 54.7. The first-order valence-electron chi connectivity index (χ1n) is 9.00. The number of piperidine rings is 1. The lowest BCUT2D eigenvalue weighted by molar-refractivity contribution is -0.143. The lowest BCUT2D eigenvalue weighted by atomic mass is 9.88. The molecule has 1 aromatic carbocycles. The van der Waals surface area contributed by atoms with Gasteiger partial charge in [0.25, 0.3) is 0 Å². The second-order valence-electron chi connectivity index (χ2n) is 7.04. The number of rotatable bonds is 2. The third-order valence-corrected chi connectivity index (χ3v) is 5.33. The molecule has 0 aliphatic carbocycles. The van der Waals surface area contributed by atoms with E-state index in [4.69, 9.17) is 0 Å². The molecule has 1 aromatic heterocycles. The van der Waals surface area contributed by atoms with Crippen molar-refractivity contribution in [3.8, 4) is 0 Å². The van der Waals surface area contributed by atoms with E-state index in [1.165, 1.54) is 29.3 Å². The molecule has 28 heavy (non-hydrogen) atoms. The van der Waals surface area contributed by atoms with Gasteiger partial charge in [0.2, 0.25) is 5.91 Å². The number of aliphatic imine (C=N–C) groups is 1. The lowest BCUT2D eigenvalue weighted by Gasteiger charge is -2.40. The summed E-state index contributed by atoms with van der Waals surface area (Å²) in [5.41, 5.74) is 0.359. The van der Waals surface area contributed by atoms with E-state index < -0.39 is 29.9 Å². The average Bonchev–Trinajstić information content (AvgIpc) is 3.15. The van der Waals surface area contributed by atoms with Crippen LogP contribution in [0.2, 0.25) is 0 Å². The molecule has 3 unspecified atom stereocenters. The van der Waals surface area contributed by atoms with Crippen LogP contribution in [0.25, 0.3) is 0 Å². The summed E-state index contributed by atoms with van der Waals surface area (Å²) >= 11 is 0. The van der Waals surface area contributed by atoms with Crippen molar-refractivity contribution in [2.24, 2.45) is 4.99 Å². The van der Waals surface area contributed by atoms with Crippen molar-refractivity contribution in [1.29, 1.82) is 0 Å². The molecular formula is C19H18F4N4O. The molecule has 0 bridgehead atoms. The zero-order valence-corrected chi connectivity index (χ0v) is 14.8. The van der Waals surface area contributed by atoms with E-state index in [2.05, 4.69) is 15.2 Å². The number of hydrogen-bond acceptors (Lipinski definition) is 3. The molecule has 3 heterocycles. The maximum Gasteiger partial charge on any atom is 0.416 e. The fourth-order valence-electron chi connectivity index (χ4n) is 3.97. The lowest BCUT2D eigenvalue weighted by Crippen LogP contribution is -2.45. The molecular weight excluding hydrogens is 376 g/mol. The summed E-state index contributed by atoms with van der Waals surface area (Å²) in [5, 5.41) is 6.67. The van der Waals surface area contributed by atoms with Crippen LogP contribution in [-0.2, 0) is 11.0 Å². The maximum absolute atomic E-state index is 14.2. The van der Waals surface area contributed by atoms with Gasteiger partial charge in [-0.25, -0.2) is 4.39 Å². The zero-order chi connectivity index (χ0) is 19.9. The van der Waals surface area contributed by atoms with Crippen molar-refractivity contribution in [3.63, 3.8) is 0 Å². The Bertz CT molecular complexity index is 907. The number of nitrogens with one attached hydrogen (secondary N) is 1. The van der Waals surface area contributed by atoms with Crippen molar-refractivity contribution in [1.82, 2.24) is 15.1 Å². The van der Waals surface area contributed by atoms with Crippen LogP contribution in [0.3, 0.4) is 0 Å².